The molecule has 3 aromatic rings. The van der Waals surface area contributed by atoms with Gasteiger partial charge in [-0.2, -0.15) is 5.10 Å². The van der Waals surface area contributed by atoms with Gasteiger partial charge in [0.25, 0.3) is 5.91 Å². The van der Waals surface area contributed by atoms with E-state index in [0.717, 1.165) is 42.0 Å². The van der Waals surface area contributed by atoms with Crippen LogP contribution in [-0.2, 0) is 15.1 Å². The molecule has 4 amide bonds. The van der Waals surface area contributed by atoms with Gasteiger partial charge in [0.15, 0.2) is 0 Å². The molecule has 0 bridgehead atoms. The van der Waals surface area contributed by atoms with Gasteiger partial charge in [-0.25, -0.2) is 13.9 Å². The predicted octanol–water partition coefficient (Wildman–Crippen LogP) is 4.07. The van der Waals surface area contributed by atoms with E-state index in [1.165, 1.54) is 31.2 Å². The topological polar surface area (TPSA) is 96.3 Å². The minimum atomic E-state index is -1.38. The van der Waals surface area contributed by atoms with Crippen molar-refractivity contribution in [1.82, 2.24) is 20.0 Å². The van der Waals surface area contributed by atoms with Gasteiger partial charge in [-0.1, -0.05) is 43.2 Å². The quantitative estimate of drug-likeness (QED) is 0.525. The Balaban J connectivity index is 1.36. The maximum Gasteiger partial charge on any atom is 0.325 e. The molecule has 180 valence electrons. The third-order valence-electron chi connectivity index (χ3n) is 6.77. The highest BCUT2D eigenvalue weighted by atomic mass is 19.1. The summed E-state index contributed by atoms with van der Waals surface area (Å²) < 4.78 is 15.0. The fraction of sp³-hybridized carbons (Fsp3) is 0.308. The number of nitrogens with one attached hydrogen (secondary N) is 2. The Bertz CT molecular complexity index is 1270. The molecule has 0 radical (unpaired) electrons. The predicted molar refractivity (Wildman–Crippen MR) is 127 cm³/mol. The molecule has 2 aliphatic rings. The van der Waals surface area contributed by atoms with Gasteiger partial charge < -0.3 is 10.6 Å². The lowest BCUT2D eigenvalue weighted by atomic mass is 9.92. The maximum absolute atomic E-state index is 13.3. The number of hydrogen-bond acceptors (Lipinski definition) is 4. The van der Waals surface area contributed by atoms with E-state index >= 15 is 0 Å². The van der Waals surface area contributed by atoms with Crippen LogP contribution >= 0.6 is 0 Å². The van der Waals surface area contributed by atoms with Crippen LogP contribution in [0.25, 0.3) is 5.69 Å². The van der Waals surface area contributed by atoms with E-state index in [0.29, 0.717) is 17.3 Å². The van der Waals surface area contributed by atoms with Crippen LogP contribution in [0.3, 0.4) is 0 Å². The molecule has 2 N–H and O–H groups in total. The van der Waals surface area contributed by atoms with Crippen molar-refractivity contribution in [3.05, 3.63) is 77.7 Å². The molecular weight excluding hydrogens is 449 g/mol. The number of hydrogen-bond donors (Lipinski definition) is 2. The summed E-state index contributed by atoms with van der Waals surface area (Å²) in [6.45, 7) is 1.08. The average Bonchev–Trinajstić information content (AvgIpc) is 3.57. The van der Waals surface area contributed by atoms with E-state index in [1.54, 1.807) is 4.68 Å². The highest BCUT2D eigenvalue weighted by molar-refractivity contribution is 6.10. The SMILES string of the molecule is CC1(c2ccc(F)cc2)NC(=O)N(CC(=O)Nc2cc(C3CCCC3)nn2-c2ccccc2)C1=O. The number of rotatable bonds is 6. The van der Waals surface area contributed by atoms with Crippen LogP contribution in [0.2, 0.25) is 0 Å². The lowest BCUT2D eigenvalue weighted by Crippen LogP contribution is -2.42. The Labute approximate surface area is 202 Å². The van der Waals surface area contributed by atoms with Crippen LogP contribution in [0.5, 0.6) is 0 Å². The standard InChI is InChI=1S/C26H26FN5O3/c1-26(18-11-13-19(27)14-12-18)24(34)31(25(35)29-26)16-23(33)28-22-15-21(17-7-5-6-8-17)30-32(22)20-9-3-2-4-10-20/h2-4,9-15,17H,5-8,16H2,1H3,(H,28,33)(H,29,35). The smallest absolute Gasteiger partial charge is 0.319 e. The fourth-order valence-corrected chi connectivity index (χ4v) is 4.82. The molecule has 2 aromatic carbocycles. The molecule has 1 atom stereocenters. The summed E-state index contributed by atoms with van der Waals surface area (Å²) >= 11 is 0. The maximum atomic E-state index is 13.3. The molecule has 9 heteroatoms. The van der Waals surface area contributed by atoms with Crippen molar-refractivity contribution in [1.29, 1.82) is 0 Å². The highest BCUT2D eigenvalue weighted by Crippen LogP contribution is 2.35. The summed E-state index contributed by atoms with van der Waals surface area (Å²) in [6.07, 6.45) is 4.43. The second kappa shape index (κ2) is 8.98. The van der Waals surface area contributed by atoms with Crippen molar-refractivity contribution < 1.29 is 18.8 Å². The zero-order valence-corrected chi connectivity index (χ0v) is 19.3. The number of para-hydroxylation sites is 1. The number of carbonyl (C=O) groups is 3. The number of nitrogens with zero attached hydrogens (tertiary/aromatic N) is 3. The Kier molecular flexibility index (Phi) is 5.84. The number of halogens is 1. The Morgan fingerprint density at radius 1 is 1.11 bits per heavy atom. The summed E-state index contributed by atoms with van der Waals surface area (Å²) in [5.41, 5.74) is 0.766. The number of benzene rings is 2. The molecule has 1 saturated heterocycles. The van der Waals surface area contributed by atoms with Crippen LogP contribution < -0.4 is 10.6 Å². The van der Waals surface area contributed by atoms with Crippen molar-refractivity contribution in [2.24, 2.45) is 0 Å². The van der Waals surface area contributed by atoms with Crippen molar-refractivity contribution >= 4 is 23.7 Å². The largest absolute Gasteiger partial charge is 0.325 e. The molecular formula is C26H26FN5O3. The third-order valence-corrected chi connectivity index (χ3v) is 6.77. The number of amides is 4. The minimum Gasteiger partial charge on any atom is -0.319 e. The van der Waals surface area contributed by atoms with Crippen molar-refractivity contribution in [3.63, 3.8) is 0 Å². The van der Waals surface area contributed by atoms with Gasteiger partial charge in [-0.3, -0.25) is 14.5 Å². The molecule has 1 saturated carbocycles. The van der Waals surface area contributed by atoms with Crippen LogP contribution in [0, 0.1) is 5.82 Å². The summed E-state index contributed by atoms with van der Waals surface area (Å²) in [7, 11) is 0. The molecule has 2 heterocycles. The van der Waals surface area contributed by atoms with E-state index in [4.69, 9.17) is 5.10 Å². The van der Waals surface area contributed by atoms with E-state index in [9.17, 15) is 18.8 Å². The second-order valence-electron chi connectivity index (χ2n) is 9.18. The molecule has 1 aliphatic heterocycles. The van der Waals surface area contributed by atoms with Crippen molar-refractivity contribution in [3.8, 4) is 5.69 Å². The van der Waals surface area contributed by atoms with Crippen molar-refractivity contribution in [2.75, 3.05) is 11.9 Å². The summed E-state index contributed by atoms with van der Waals surface area (Å²) in [5.74, 6) is -0.717. The molecule has 2 fully saturated rings. The number of anilines is 1. The first-order valence-electron chi connectivity index (χ1n) is 11.7. The van der Waals surface area contributed by atoms with Crippen LogP contribution in [0.1, 0.15) is 49.8 Å². The summed E-state index contributed by atoms with van der Waals surface area (Å²) in [6, 6.07) is 16.0. The highest BCUT2D eigenvalue weighted by Gasteiger charge is 2.49. The zero-order valence-electron chi connectivity index (χ0n) is 19.3. The van der Waals surface area contributed by atoms with Crippen molar-refractivity contribution in [2.45, 2.75) is 44.1 Å². The van der Waals surface area contributed by atoms with E-state index in [1.807, 2.05) is 36.4 Å². The normalized spacial score (nSPS) is 20.3. The fourth-order valence-electron chi connectivity index (χ4n) is 4.82. The van der Waals surface area contributed by atoms with Gasteiger partial charge >= 0.3 is 6.03 Å². The first-order valence-corrected chi connectivity index (χ1v) is 11.7. The second-order valence-corrected chi connectivity index (χ2v) is 9.18. The molecule has 0 spiro atoms. The summed E-state index contributed by atoms with van der Waals surface area (Å²) in [4.78, 5) is 39.6. The third kappa shape index (κ3) is 4.29. The number of aromatic nitrogens is 2. The van der Waals surface area contributed by atoms with Gasteiger partial charge in [-0.05, 0) is 49.6 Å². The van der Waals surface area contributed by atoms with E-state index in [-0.39, 0.29) is 0 Å². The van der Waals surface area contributed by atoms with E-state index < -0.39 is 35.7 Å². The number of carbonyl (C=O) groups excluding carboxylic acids is 3. The molecule has 35 heavy (non-hydrogen) atoms. The van der Waals surface area contributed by atoms with Crippen LogP contribution in [0.4, 0.5) is 15.0 Å². The first-order chi connectivity index (χ1) is 16.8. The summed E-state index contributed by atoms with van der Waals surface area (Å²) in [5, 5.41) is 10.2. The lowest BCUT2D eigenvalue weighted by Gasteiger charge is -2.22. The molecule has 5 rings (SSSR count). The lowest BCUT2D eigenvalue weighted by molar-refractivity contribution is -0.133. The van der Waals surface area contributed by atoms with Gasteiger partial charge in [0.05, 0.1) is 11.4 Å². The Morgan fingerprint density at radius 3 is 2.49 bits per heavy atom. The van der Waals surface area contributed by atoms with E-state index in [2.05, 4.69) is 10.6 Å². The van der Waals surface area contributed by atoms with Gasteiger partial charge in [0, 0.05) is 12.0 Å². The molecule has 8 nitrogen and oxygen atoms in total. The van der Waals surface area contributed by atoms with Crippen LogP contribution in [0.15, 0.2) is 60.7 Å². The monoisotopic (exact) mass is 475 g/mol. The zero-order chi connectivity index (χ0) is 24.6. The van der Waals surface area contributed by atoms with Gasteiger partial charge in [0.1, 0.15) is 23.7 Å². The molecule has 1 aliphatic carbocycles. The first kappa shape index (κ1) is 22.8. The Morgan fingerprint density at radius 2 is 1.80 bits per heavy atom. The minimum absolute atomic E-state index is 0.345. The Hall–Kier alpha value is -4.01. The molecule has 1 unspecified atom stereocenters. The average molecular weight is 476 g/mol. The van der Waals surface area contributed by atoms with Gasteiger partial charge in [-0.15, -0.1) is 0 Å². The molecule has 1 aromatic heterocycles. The number of urea groups is 1. The van der Waals surface area contributed by atoms with Crippen LogP contribution in [-0.4, -0.2) is 39.1 Å². The number of imide groups is 1. The van der Waals surface area contributed by atoms with Gasteiger partial charge in [0.2, 0.25) is 5.91 Å².